The average Bonchev–Trinajstić information content (AvgIpc) is 2.78. The smallest absolute Gasteiger partial charge is 0.144 e. The Morgan fingerprint density at radius 2 is 1.93 bits per heavy atom. The maximum Gasteiger partial charge on any atom is 0.144 e. The molecule has 0 radical (unpaired) electrons. The van der Waals surface area contributed by atoms with Crippen molar-refractivity contribution in [3.63, 3.8) is 0 Å². The molecule has 2 aliphatic carbocycles. The van der Waals surface area contributed by atoms with Gasteiger partial charge in [0.15, 0.2) is 0 Å². The molecule has 3 heteroatoms. The van der Waals surface area contributed by atoms with E-state index in [4.69, 9.17) is 10.00 Å². The van der Waals surface area contributed by atoms with Crippen LogP contribution in [0.15, 0.2) is 30.4 Å². The van der Waals surface area contributed by atoms with E-state index < -0.39 is 5.82 Å². The molecule has 0 N–H and O–H groups in total. The van der Waals surface area contributed by atoms with E-state index in [0.717, 1.165) is 17.8 Å². The van der Waals surface area contributed by atoms with Crippen LogP contribution in [0.5, 0.6) is 5.75 Å². The molecule has 2 saturated carbocycles. The largest absolute Gasteiger partial charge is 0.489 e. The molecule has 2 fully saturated rings. The number of rotatable bonds is 9. The molecule has 1 aromatic carbocycles. The fourth-order valence-electron chi connectivity index (χ4n) is 5.58. The van der Waals surface area contributed by atoms with Gasteiger partial charge in [-0.05, 0) is 67.9 Å². The molecule has 2 nitrogen and oxygen atoms in total. The first-order valence-corrected chi connectivity index (χ1v) is 12.2. The summed E-state index contributed by atoms with van der Waals surface area (Å²) in [5.41, 5.74) is 0.0555. The molecule has 3 rings (SSSR count). The molecule has 2 aliphatic rings. The van der Waals surface area contributed by atoms with Crippen LogP contribution in [-0.4, -0.2) is 6.61 Å². The van der Waals surface area contributed by atoms with Gasteiger partial charge in [0, 0.05) is 6.07 Å². The van der Waals surface area contributed by atoms with Crippen LogP contribution in [0.25, 0.3) is 0 Å². The van der Waals surface area contributed by atoms with Crippen LogP contribution in [0.3, 0.4) is 0 Å². The van der Waals surface area contributed by atoms with Gasteiger partial charge in [-0.3, -0.25) is 0 Å². The van der Waals surface area contributed by atoms with E-state index >= 15 is 0 Å². The van der Waals surface area contributed by atoms with E-state index in [0.29, 0.717) is 18.3 Å². The lowest BCUT2D eigenvalue weighted by molar-refractivity contribution is 0.143. The van der Waals surface area contributed by atoms with Crippen LogP contribution in [-0.2, 0) is 0 Å². The molecular formula is C27H38FNO. The van der Waals surface area contributed by atoms with Gasteiger partial charge < -0.3 is 4.74 Å². The standard InChI is InChI=1S/C27H38FNO/c1-2-3-4-7-22-8-5-10-24(18-22)23-13-11-21(12-14-23)9-6-17-30-26-16-15-25(20-29)27(28)19-26/h6,9,15-16,19,21-24H,2-5,7-8,10-14,17-18H2,1H3/b9-6+/t21?,22-,23?,24-/m1/s1. The summed E-state index contributed by atoms with van der Waals surface area (Å²) in [7, 11) is 0. The second-order valence-electron chi connectivity index (χ2n) is 9.46. The molecule has 0 amide bonds. The van der Waals surface area contributed by atoms with Crippen LogP contribution in [0.1, 0.15) is 89.5 Å². The zero-order valence-corrected chi connectivity index (χ0v) is 18.6. The summed E-state index contributed by atoms with van der Waals surface area (Å²) in [6, 6.07) is 6.24. The molecule has 1 aromatic rings. The van der Waals surface area contributed by atoms with Gasteiger partial charge in [0.05, 0.1) is 5.56 Å². The first-order chi connectivity index (χ1) is 14.7. The lowest BCUT2D eigenvalue weighted by atomic mass is 9.68. The summed E-state index contributed by atoms with van der Waals surface area (Å²) in [5, 5.41) is 8.78. The van der Waals surface area contributed by atoms with Crippen molar-refractivity contribution in [1.29, 1.82) is 5.26 Å². The Labute approximate surface area is 182 Å². The molecule has 0 aliphatic heterocycles. The van der Waals surface area contributed by atoms with Crippen LogP contribution < -0.4 is 4.74 Å². The Morgan fingerprint density at radius 1 is 1.10 bits per heavy atom. The third-order valence-electron chi connectivity index (χ3n) is 7.34. The molecule has 30 heavy (non-hydrogen) atoms. The van der Waals surface area contributed by atoms with E-state index in [1.807, 2.05) is 6.07 Å². The second kappa shape index (κ2) is 12.1. The predicted molar refractivity (Wildman–Crippen MR) is 121 cm³/mol. The van der Waals surface area contributed by atoms with Crippen molar-refractivity contribution in [2.75, 3.05) is 6.61 Å². The normalized spacial score (nSPS) is 27.1. The van der Waals surface area contributed by atoms with Gasteiger partial charge in [-0.15, -0.1) is 0 Å². The number of nitrogens with zero attached hydrogens (tertiary/aromatic N) is 1. The highest BCUT2D eigenvalue weighted by molar-refractivity contribution is 5.36. The Morgan fingerprint density at radius 3 is 2.67 bits per heavy atom. The molecular weight excluding hydrogens is 373 g/mol. The SMILES string of the molecule is CCCCC[C@@H]1CCC[C@@H](C2CCC(/C=C/COc3ccc(C#N)c(F)c3)CC2)C1. The first kappa shape index (κ1) is 22.9. The lowest BCUT2D eigenvalue weighted by Gasteiger charge is -2.38. The highest BCUT2D eigenvalue weighted by atomic mass is 19.1. The number of allylic oxidation sites excluding steroid dienone is 1. The van der Waals surface area contributed by atoms with Crippen molar-refractivity contribution >= 4 is 0 Å². The van der Waals surface area contributed by atoms with Gasteiger partial charge in [0.2, 0.25) is 0 Å². The van der Waals surface area contributed by atoms with E-state index in [-0.39, 0.29) is 5.56 Å². The minimum absolute atomic E-state index is 0.0555. The molecule has 164 valence electrons. The number of halogens is 1. The van der Waals surface area contributed by atoms with Gasteiger partial charge in [0.25, 0.3) is 0 Å². The maximum absolute atomic E-state index is 13.6. The molecule has 0 saturated heterocycles. The van der Waals surface area contributed by atoms with Crippen LogP contribution in [0, 0.1) is 40.8 Å². The quantitative estimate of drug-likeness (QED) is 0.306. The Balaban J connectivity index is 1.36. The average molecular weight is 412 g/mol. The summed E-state index contributed by atoms with van der Waals surface area (Å²) >= 11 is 0. The number of ether oxygens (including phenoxy) is 1. The maximum atomic E-state index is 13.6. The minimum atomic E-state index is -0.521. The van der Waals surface area contributed by atoms with Gasteiger partial charge >= 0.3 is 0 Å². The Bertz CT molecular complexity index is 714. The summed E-state index contributed by atoms with van der Waals surface area (Å²) in [6.45, 7) is 2.75. The monoisotopic (exact) mass is 411 g/mol. The number of hydrogen-bond donors (Lipinski definition) is 0. The van der Waals surface area contributed by atoms with Gasteiger partial charge in [0.1, 0.15) is 24.2 Å². The molecule has 0 heterocycles. The summed E-state index contributed by atoms with van der Waals surface area (Å²) in [5.74, 6) is 3.54. The van der Waals surface area contributed by atoms with Crippen LogP contribution >= 0.6 is 0 Å². The highest BCUT2D eigenvalue weighted by Gasteiger charge is 2.30. The zero-order valence-electron chi connectivity index (χ0n) is 18.6. The van der Waals surface area contributed by atoms with Crippen LogP contribution in [0.2, 0.25) is 0 Å². The van der Waals surface area contributed by atoms with Crippen molar-refractivity contribution in [3.8, 4) is 11.8 Å². The van der Waals surface area contributed by atoms with Gasteiger partial charge in [-0.2, -0.15) is 5.26 Å². The third kappa shape index (κ3) is 6.86. The second-order valence-corrected chi connectivity index (χ2v) is 9.46. The minimum Gasteiger partial charge on any atom is -0.489 e. The lowest BCUT2D eigenvalue weighted by Crippen LogP contribution is -2.26. The Hall–Kier alpha value is -1.82. The fourth-order valence-corrected chi connectivity index (χ4v) is 5.58. The number of benzene rings is 1. The van der Waals surface area contributed by atoms with E-state index in [2.05, 4.69) is 19.1 Å². The van der Waals surface area contributed by atoms with Crippen molar-refractivity contribution in [3.05, 3.63) is 41.7 Å². The zero-order chi connectivity index (χ0) is 21.2. The summed E-state index contributed by atoms with van der Waals surface area (Å²) < 4.78 is 19.2. The fraction of sp³-hybridized carbons (Fsp3) is 0.667. The van der Waals surface area contributed by atoms with Crippen molar-refractivity contribution in [2.24, 2.45) is 23.7 Å². The van der Waals surface area contributed by atoms with E-state index in [1.165, 1.54) is 89.2 Å². The number of hydrogen-bond acceptors (Lipinski definition) is 2. The molecule has 0 spiro atoms. The highest BCUT2D eigenvalue weighted by Crippen LogP contribution is 2.43. The van der Waals surface area contributed by atoms with Crippen molar-refractivity contribution in [1.82, 2.24) is 0 Å². The van der Waals surface area contributed by atoms with E-state index in [9.17, 15) is 4.39 Å². The van der Waals surface area contributed by atoms with Crippen molar-refractivity contribution in [2.45, 2.75) is 84.0 Å². The number of unbranched alkanes of at least 4 members (excludes halogenated alkanes) is 2. The molecule has 0 unspecified atom stereocenters. The van der Waals surface area contributed by atoms with Crippen molar-refractivity contribution < 1.29 is 9.13 Å². The molecule has 0 aromatic heterocycles. The van der Waals surface area contributed by atoms with Gasteiger partial charge in [-0.25, -0.2) is 4.39 Å². The molecule has 2 atom stereocenters. The number of nitriles is 1. The topological polar surface area (TPSA) is 33.0 Å². The third-order valence-corrected chi connectivity index (χ3v) is 7.34. The summed E-state index contributed by atoms with van der Waals surface area (Å²) in [4.78, 5) is 0. The first-order valence-electron chi connectivity index (χ1n) is 12.2. The summed E-state index contributed by atoms with van der Waals surface area (Å²) in [6.07, 6.45) is 21.2. The van der Waals surface area contributed by atoms with Gasteiger partial charge in [-0.1, -0.05) is 64.0 Å². The molecule has 0 bridgehead atoms. The predicted octanol–water partition coefficient (Wildman–Crippen LogP) is 7.83. The Kier molecular flexibility index (Phi) is 9.25. The van der Waals surface area contributed by atoms with Crippen LogP contribution in [0.4, 0.5) is 4.39 Å². The van der Waals surface area contributed by atoms with E-state index in [1.54, 1.807) is 6.07 Å².